The fraction of sp³-hybridized carbons (Fsp3) is 1.00. The van der Waals surface area contributed by atoms with E-state index in [-0.39, 0.29) is 93.1 Å². The molecule has 3 radical (unpaired) electrons. The van der Waals surface area contributed by atoms with Crippen LogP contribution in [0.25, 0.3) is 0 Å². The van der Waals surface area contributed by atoms with Gasteiger partial charge in [0.05, 0.1) is 0 Å². The fourth-order valence-electron chi connectivity index (χ4n) is 0. The summed E-state index contributed by atoms with van der Waals surface area (Å²) in [6.45, 7) is 0. The van der Waals surface area contributed by atoms with Crippen molar-refractivity contribution in [3.8, 4) is 0 Å². The molecule has 0 bridgehead atoms. The van der Waals surface area contributed by atoms with Gasteiger partial charge in [0.1, 0.15) is 0 Å². The van der Waals surface area contributed by atoms with Gasteiger partial charge < -0.3 is 0 Å². The molecule has 0 rings (SSSR count). The second-order valence-electron chi connectivity index (χ2n) is 1.73. The van der Waals surface area contributed by atoms with Gasteiger partial charge in [0.2, 0.25) is 0 Å². The van der Waals surface area contributed by atoms with Crippen LogP contribution in [0, 0.1) is 0 Å². The van der Waals surface area contributed by atoms with E-state index in [2.05, 4.69) is 29.6 Å². The van der Waals surface area contributed by atoms with E-state index >= 15 is 0 Å². The molecular formula is C6H30P3Sn3. The molecule has 81 valence electrons. The van der Waals surface area contributed by atoms with Gasteiger partial charge in [-0.15, -0.1) is 0 Å². The van der Waals surface area contributed by atoms with Crippen molar-refractivity contribution in [2.24, 2.45) is 0 Å². The molecule has 0 saturated carbocycles. The van der Waals surface area contributed by atoms with Gasteiger partial charge in [-0.05, 0) is 0 Å². The maximum absolute atomic E-state index is 2.32. The molecule has 0 aliphatic carbocycles. The standard InChI is InChI=1S/6CH3.3H3P.3Sn.3H/h9*1H3;;;;;;. The van der Waals surface area contributed by atoms with E-state index in [1.54, 1.807) is 0 Å². The van der Waals surface area contributed by atoms with Crippen molar-refractivity contribution >= 4 is 93.1 Å². The summed E-state index contributed by atoms with van der Waals surface area (Å²) in [6, 6.07) is 0. The van der Waals surface area contributed by atoms with Gasteiger partial charge in [-0.1, -0.05) is 0 Å². The SMILES string of the molecule is P.P.P.[CH3][SnH][CH3].[CH3][SnH][CH3].[CH3][SnH][CH3]. The second kappa shape index (κ2) is 61.5. The summed E-state index contributed by atoms with van der Waals surface area (Å²) in [5.74, 6) is 0. The van der Waals surface area contributed by atoms with Gasteiger partial charge in [-0.2, -0.15) is 29.7 Å². The third-order valence-corrected chi connectivity index (χ3v) is 0. The van der Waals surface area contributed by atoms with E-state index in [9.17, 15) is 0 Å². The van der Waals surface area contributed by atoms with E-state index in [0.717, 1.165) is 0 Å². The summed E-state index contributed by atoms with van der Waals surface area (Å²) in [5.41, 5.74) is 0. The normalized spacial score (nSPS) is 4.50. The summed E-state index contributed by atoms with van der Waals surface area (Å²) < 4.78 is 0. The van der Waals surface area contributed by atoms with Gasteiger partial charge in [0.25, 0.3) is 0 Å². The number of rotatable bonds is 0. The molecule has 6 heteroatoms. The first-order valence-electron chi connectivity index (χ1n) is 3.46. The Bertz CT molecular complexity index is 22.8. The Morgan fingerprint density at radius 2 is 0.417 bits per heavy atom. The number of hydrogen-bond donors (Lipinski definition) is 0. The number of hydrogen-bond acceptors (Lipinski definition) is 0. The zero-order valence-electron chi connectivity index (χ0n) is 9.85. The molecule has 0 N–H and O–H groups in total. The van der Waals surface area contributed by atoms with Gasteiger partial charge in [-0.3, -0.25) is 0 Å². The van der Waals surface area contributed by atoms with Gasteiger partial charge in [0.15, 0.2) is 0 Å². The van der Waals surface area contributed by atoms with E-state index in [1.165, 1.54) is 0 Å². The minimum atomic E-state index is 0. The molecule has 0 saturated heterocycles. The predicted octanol–water partition coefficient (Wildman–Crippen LogP) is 1.73. The second-order valence-corrected chi connectivity index (χ2v) is 11.6. The molecule has 12 heavy (non-hydrogen) atoms. The molecule has 3 unspecified atom stereocenters. The Balaban J connectivity index is -0.00000001000. The molecule has 0 aliphatic heterocycles. The van der Waals surface area contributed by atoms with Crippen LogP contribution in [0.4, 0.5) is 0 Å². The Hall–Kier alpha value is 3.69. The topological polar surface area (TPSA) is 0 Å². The first-order valence-corrected chi connectivity index (χ1v) is 23.2. The average Bonchev–Trinajstić information content (AvgIpc) is 1.70. The van der Waals surface area contributed by atoms with Crippen molar-refractivity contribution in [2.75, 3.05) is 0 Å². The van der Waals surface area contributed by atoms with Crippen LogP contribution in [0.1, 0.15) is 0 Å². The Kier molecular flexibility index (Phi) is 185. The van der Waals surface area contributed by atoms with Crippen molar-refractivity contribution in [3.05, 3.63) is 0 Å². The van der Waals surface area contributed by atoms with Crippen LogP contribution in [0.2, 0.25) is 29.6 Å². The molecule has 0 aliphatic rings. The van der Waals surface area contributed by atoms with Crippen LogP contribution >= 0.6 is 29.7 Å². The van der Waals surface area contributed by atoms with Crippen molar-refractivity contribution in [3.63, 3.8) is 0 Å². The summed E-state index contributed by atoms with van der Waals surface area (Å²) in [4.78, 5) is 13.9. The van der Waals surface area contributed by atoms with E-state index in [0.29, 0.717) is 0 Å². The van der Waals surface area contributed by atoms with Crippen molar-refractivity contribution in [1.29, 1.82) is 0 Å². The van der Waals surface area contributed by atoms with Crippen LogP contribution in [-0.2, 0) is 0 Å². The van der Waals surface area contributed by atoms with Crippen LogP contribution < -0.4 is 0 Å². The zero-order chi connectivity index (χ0) is 8.12. The van der Waals surface area contributed by atoms with Crippen LogP contribution in [0.15, 0.2) is 0 Å². The summed E-state index contributed by atoms with van der Waals surface area (Å²) in [6.07, 6.45) is 0. The quantitative estimate of drug-likeness (QED) is 0.318. The van der Waals surface area contributed by atoms with Gasteiger partial charge >= 0.3 is 93.1 Å². The van der Waals surface area contributed by atoms with Crippen LogP contribution in [0.3, 0.4) is 0 Å². The van der Waals surface area contributed by atoms with Crippen LogP contribution in [0.5, 0.6) is 0 Å². The Morgan fingerprint density at radius 3 is 0.417 bits per heavy atom. The molecule has 0 aromatic rings. The molecule has 0 heterocycles. The fourth-order valence-corrected chi connectivity index (χ4v) is 0. The molecule has 0 fully saturated rings. The Morgan fingerprint density at radius 1 is 0.417 bits per heavy atom. The molecule has 3 atom stereocenters. The minimum absolute atomic E-state index is 0. The first kappa shape index (κ1) is 36.1. The predicted molar refractivity (Wildman–Crippen MR) is 89.9 cm³/mol. The van der Waals surface area contributed by atoms with Crippen molar-refractivity contribution in [2.45, 2.75) is 29.6 Å². The van der Waals surface area contributed by atoms with Crippen molar-refractivity contribution in [1.82, 2.24) is 0 Å². The molecule has 0 nitrogen and oxygen atoms in total. The van der Waals surface area contributed by atoms with Crippen molar-refractivity contribution < 1.29 is 0 Å². The molecular weight excluding hydrogens is 521 g/mol. The summed E-state index contributed by atoms with van der Waals surface area (Å²) in [5, 5.41) is 0. The molecule has 0 aromatic carbocycles. The van der Waals surface area contributed by atoms with Crippen LogP contribution in [-0.4, -0.2) is 63.4 Å². The molecule has 0 aromatic heterocycles. The Labute approximate surface area is 121 Å². The average molecular weight is 551 g/mol. The third-order valence-electron chi connectivity index (χ3n) is 0. The zero-order valence-corrected chi connectivity index (χ0v) is 24.0. The van der Waals surface area contributed by atoms with Gasteiger partial charge in [0, 0.05) is 0 Å². The van der Waals surface area contributed by atoms with E-state index < -0.39 is 0 Å². The van der Waals surface area contributed by atoms with E-state index in [4.69, 9.17) is 0 Å². The maximum atomic E-state index is 2.32. The summed E-state index contributed by atoms with van der Waals surface area (Å²) in [7, 11) is 0. The first-order chi connectivity index (χ1) is 4.24. The molecule has 0 spiro atoms. The third kappa shape index (κ3) is 162. The van der Waals surface area contributed by atoms with Gasteiger partial charge in [-0.25, -0.2) is 0 Å². The summed E-state index contributed by atoms with van der Waals surface area (Å²) >= 11 is 0.330. The monoisotopic (exact) mass is 555 g/mol. The molecule has 0 amide bonds. The van der Waals surface area contributed by atoms with E-state index in [1.807, 2.05) is 0 Å².